The van der Waals surface area contributed by atoms with E-state index < -0.39 is 17.8 Å². The molecule has 3 heterocycles. The van der Waals surface area contributed by atoms with Crippen LogP contribution in [0.1, 0.15) is 50.5 Å². The Morgan fingerprint density at radius 3 is 2.57 bits per heavy atom. The van der Waals surface area contributed by atoms with Crippen LogP contribution in [0.2, 0.25) is 0 Å². The molecule has 1 atom stereocenters. The fourth-order valence-corrected chi connectivity index (χ4v) is 7.44. The zero-order valence-corrected chi connectivity index (χ0v) is 26.8. The van der Waals surface area contributed by atoms with Crippen LogP contribution in [0.5, 0.6) is 11.8 Å². The van der Waals surface area contributed by atoms with Crippen molar-refractivity contribution in [2.75, 3.05) is 52.2 Å². The van der Waals surface area contributed by atoms with Crippen molar-refractivity contribution in [3.05, 3.63) is 47.7 Å². The molecular weight excluding hydrogens is 605 g/mol. The van der Waals surface area contributed by atoms with E-state index in [0.717, 1.165) is 51.6 Å². The van der Waals surface area contributed by atoms with Crippen LogP contribution in [0.15, 0.2) is 30.5 Å². The van der Waals surface area contributed by atoms with E-state index in [1.54, 1.807) is 0 Å². The number of fused-ring (bicyclic) bond motifs is 2. The van der Waals surface area contributed by atoms with Crippen LogP contribution in [-0.4, -0.2) is 88.5 Å². The molecule has 0 radical (unpaired) electrons. The minimum atomic E-state index is -0.797. The number of rotatable bonds is 10. The minimum Gasteiger partial charge on any atom is -0.508 e. The zero-order chi connectivity index (χ0) is 32.9. The lowest BCUT2D eigenvalue weighted by molar-refractivity contribution is 0.0196. The normalized spacial score (nSPS) is 20.2. The van der Waals surface area contributed by atoms with Crippen LogP contribution in [0.3, 0.4) is 0 Å². The Bertz CT molecular complexity index is 1890. The number of pyridine rings is 1. The lowest BCUT2D eigenvalue weighted by atomic mass is 9.69. The molecule has 1 aliphatic heterocycles. The van der Waals surface area contributed by atoms with Crippen LogP contribution in [0.25, 0.3) is 32.9 Å². The van der Waals surface area contributed by atoms with Crippen molar-refractivity contribution in [2.24, 2.45) is 5.41 Å². The maximum atomic E-state index is 16.7. The highest BCUT2D eigenvalue weighted by atomic mass is 19.1. The van der Waals surface area contributed by atoms with Crippen molar-refractivity contribution in [1.29, 1.82) is 0 Å². The van der Waals surface area contributed by atoms with Gasteiger partial charge in [-0.25, -0.2) is 13.2 Å². The number of nitrogens with one attached hydrogen (secondary N) is 1. The van der Waals surface area contributed by atoms with E-state index in [4.69, 9.17) is 16.1 Å². The standard InChI is InChI=1S/C36H39F3N6O2/c1-4-25-28(38)8-7-22-15-24(46)16-26(29(22)25)31-30(39)32-27(17-40-31)33(41-19-36(44(2)3)12-6-13-36)43-34(42-32)47-21-35(10-5-11-35)20-45-14-9-23(37)18-45/h1,7-8,15-17,23,46H,5-6,9-14,18-21H2,2-3H3,(H,41,42,43)/t23-/m1/s1. The van der Waals surface area contributed by atoms with Gasteiger partial charge in [-0.1, -0.05) is 18.4 Å². The fourth-order valence-electron chi connectivity index (χ4n) is 7.44. The van der Waals surface area contributed by atoms with Gasteiger partial charge in [-0.05, 0) is 76.2 Å². The number of likely N-dealkylation sites (N-methyl/N-ethyl adjacent to an activating group) is 1. The number of aromatic hydroxyl groups is 1. The summed E-state index contributed by atoms with van der Waals surface area (Å²) < 4.78 is 51.7. The Hall–Kier alpha value is -4.14. The number of alkyl halides is 1. The molecule has 4 aromatic rings. The number of ether oxygens (including phenoxy) is 1. The molecule has 0 spiro atoms. The molecule has 3 fully saturated rings. The lowest BCUT2D eigenvalue weighted by Gasteiger charge is -2.47. The average Bonchev–Trinajstić information content (AvgIpc) is 3.42. The molecule has 2 saturated carbocycles. The first-order chi connectivity index (χ1) is 22.6. The van der Waals surface area contributed by atoms with Crippen molar-refractivity contribution >= 4 is 27.5 Å². The molecular formula is C36H39F3N6O2. The largest absolute Gasteiger partial charge is 0.508 e. The molecule has 3 aliphatic rings. The van der Waals surface area contributed by atoms with Gasteiger partial charge in [0.05, 0.1) is 17.6 Å². The van der Waals surface area contributed by atoms with Gasteiger partial charge in [0.15, 0.2) is 5.82 Å². The molecule has 0 amide bonds. The Morgan fingerprint density at radius 1 is 1.15 bits per heavy atom. The van der Waals surface area contributed by atoms with Gasteiger partial charge in [-0.3, -0.25) is 9.88 Å². The third-order valence-electron chi connectivity index (χ3n) is 10.6. The molecule has 246 valence electrons. The van der Waals surface area contributed by atoms with Crippen molar-refractivity contribution in [2.45, 2.75) is 56.7 Å². The van der Waals surface area contributed by atoms with Crippen LogP contribution >= 0.6 is 0 Å². The van der Waals surface area contributed by atoms with Crippen LogP contribution in [0, 0.1) is 29.4 Å². The van der Waals surface area contributed by atoms with Gasteiger partial charge in [0.2, 0.25) is 0 Å². The van der Waals surface area contributed by atoms with Gasteiger partial charge in [-0.2, -0.15) is 9.97 Å². The smallest absolute Gasteiger partial charge is 0.319 e. The predicted molar refractivity (Wildman–Crippen MR) is 176 cm³/mol. The summed E-state index contributed by atoms with van der Waals surface area (Å²) in [4.78, 5) is 18.1. The highest BCUT2D eigenvalue weighted by molar-refractivity contribution is 6.02. The van der Waals surface area contributed by atoms with Gasteiger partial charge in [0.25, 0.3) is 0 Å². The number of aromatic nitrogens is 3. The van der Waals surface area contributed by atoms with Crippen LogP contribution in [-0.2, 0) is 0 Å². The molecule has 8 nitrogen and oxygen atoms in total. The molecule has 7 rings (SSSR count). The van der Waals surface area contributed by atoms with E-state index in [-0.39, 0.29) is 50.4 Å². The zero-order valence-electron chi connectivity index (χ0n) is 26.8. The Kier molecular flexibility index (Phi) is 8.13. The SMILES string of the molecule is C#Cc1c(F)ccc2cc(O)cc(-c3ncc4c(NCC5(N(C)C)CCC5)nc(OCC5(CN6CC[C@@H](F)C6)CCC5)nc4c3F)c12. The summed E-state index contributed by atoms with van der Waals surface area (Å²) >= 11 is 0. The molecule has 2 aromatic carbocycles. The summed E-state index contributed by atoms with van der Waals surface area (Å²) in [6.07, 6.45) is 13.1. The number of phenolic OH excluding ortho intramolecular Hbond substituents is 1. The molecule has 2 aliphatic carbocycles. The second kappa shape index (κ2) is 12.1. The molecule has 0 unspecified atom stereocenters. The molecule has 1 saturated heterocycles. The topological polar surface area (TPSA) is 86.6 Å². The summed E-state index contributed by atoms with van der Waals surface area (Å²) in [5.74, 6) is 1.22. The third-order valence-corrected chi connectivity index (χ3v) is 10.6. The van der Waals surface area contributed by atoms with Crippen LogP contribution in [0.4, 0.5) is 19.0 Å². The first-order valence-corrected chi connectivity index (χ1v) is 16.3. The number of nitrogens with zero attached hydrogens (tertiary/aromatic N) is 5. The maximum absolute atomic E-state index is 16.7. The number of anilines is 1. The van der Waals surface area contributed by atoms with Crippen molar-refractivity contribution in [3.63, 3.8) is 0 Å². The lowest BCUT2D eigenvalue weighted by Crippen LogP contribution is -2.54. The Labute approximate surface area is 272 Å². The third kappa shape index (κ3) is 5.72. The molecule has 47 heavy (non-hydrogen) atoms. The van der Waals surface area contributed by atoms with Gasteiger partial charge < -0.3 is 20.1 Å². The monoisotopic (exact) mass is 644 g/mol. The van der Waals surface area contributed by atoms with Crippen LogP contribution < -0.4 is 10.1 Å². The summed E-state index contributed by atoms with van der Waals surface area (Å²) in [6.45, 7) is 2.81. The molecule has 11 heteroatoms. The molecule has 2 N–H and O–H groups in total. The second-order valence-corrected chi connectivity index (χ2v) is 13.8. The number of benzene rings is 2. The van der Waals surface area contributed by atoms with E-state index in [0.29, 0.717) is 42.7 Å². The van der Waals surface area contributed by atoms with Gasteiger partial charge in [-0.15, -0.1) is 6.42 Å². The van der Waals surface area contributed by atoms with Crippen molar-refractivity contribution in [3.8, 4) is 35.4 Å². The minimum absolute atomic E-state index is 0.0207. The predicted octanol–water partition coefficient (Wildman–Crippen LogP) is 6.30. The Morgan fingerprint density at radius 2 is 1.94 bits per heavy atom. The highest BCUT2D eigenvalue weighted by Crippen LogP contribution is 2.43. The average molecular weight is 645 g/mol. The van der Waals surface area contributed by atoms with Gasteiger partial charge >= 0.3 is 6.01 Å². The van der Waals surface area contributed by atoms with E-state index in [9.17, 15) is 13.9 Å². The number of phenols is 1. The van der Waals surface area contributed by atoms with E-state index in [1.807, 2.05) is 0 Å². The van der Waals surface area contributed by atoms with Gasteiger partial charge in [0, 0.05) is 54.3 Å². The van der Waals surface area contributed by atoms with E-state index in [1.165, 1.54) is 30.5 Å². The quantitative estimate of drug-likeness (QED) is 0.195. The number of terminal acetylenes is 1. The number of hydrogen-bond acceptors (Lipinski definition) is 8. The fraction of sp³-hybridized carbons (Fsp3) is 0.472. The summed E-state index contributed by atoms with van der Waals surface area (Å²) in [6, 6.07) is 5.50. The first kappa shape index (κ1) is 31.5. The van der Waals surface area contributed by atoms with Crippen molar-refractivity contribution in [1.82, 2.24) is 24.8 Å². The molecule has 2 aromatic heterocycles. The maximum Gasteiger partial charge on any atom is 0.319 e. The van der Waals surface area contributed by atoms with E-state index >= 15 is 4.39 Å². The van der Waals surface area contributed by atoms with E-state index in [2.05, 4.69) is 45.1 Å². The highest BCUT2D eigenvalue weighted by Gasteiger charge is 2.42. The van der Waals surface area contributed by atoms with Gasteiger partial charge in [0.1, 0.15) is 34.8 Å². The number of halogens is 3. The molecule has 0 bridgehead atoms. The number of hydrogen-bond donors (Lipinski definition) is 2. The summed E-state index contributed by atoms with van der Waals surface area (Å²) in [5, 5.41) is 15.1. The number of likely N-dealkylation sites (tertiary alicyclic amines) is 1. The van der Waals surface area contributed by atoms with Crippen molar-refractivity contribution < 1.29 is 23.0 Å². The summed E-state index contributed by atoms with van der Waals surface area (Å²) in [5.41, 5.74) is -0.258. The first-order valence-electron chi connectivity index (χ1n) is 16.3. The Balaban J connectivity index is 1.30. The summed E-state index contributed by atoms with van der Waals surface area (Å²) in [7, 11) is 4.11. The second-order valence-electron chi connectivity index (χ2n) is 13.8.